The molecule has 6 heteroatoms. The normalized spacial score (nSPS) is 10.5. The van der Waals surface area contributed by atoms with Crippen molar-refractivity contribution in [1.82, 2.24) is 9.97 Å². The second-order valence-corrected chi connectivity index (χ2v) is 6.79. The summed E-state index contributed by atoms with van der Waals surface area (Å²) in [6.07, 6.45) is 1.18. The van der Waals surface area contributed by atoms with Gasteiger partial charge in [0, 0.05) is 30.2 Å². The van der Waals surface area contributed by atoms with Gasteiger partial charge in [-0.15, -0.1) is 0 Å². The van der Waals surface area contributed by atoms with Crippen molar-refractivity contribution in [2.45, 2.75) is 0 Å². The molecular weight excluding hydrogens is 381 g/mol. The number of H-pyrrole nitrogens is 1. The van der Waals surface area contributed by atoms with Gasteiger partial charge in [-0.1, -0.05) is 5.92 Å². The summed E-state index contributed by atoms with van der Waals surface area (Å²) in [6, 6.07) is 18.4. The molecule has 0 atom stereocenters. The van der Waals surface area contributed by atoms with Crippen molar-refractivity contribution in [3.8, 4) is 23.3 Å². The molecular formula is C24H20FN3O2. The number of nitrogens with zero attached hydrogens (tertiary/aromatic N) is 2. The average molecular weight is 401 g/mol. The van der Waals surface area contributed by atoms with E-state index < -0.39 is 0 Å². The van der Waals surface area contributed by atoms with Crippen LogP contribution in [0, 0.1) is 17.7 Å². The molecule has 2 N–H and O–H groups in total. The van der Waals surface area contributed by atoms with Gasteiger partial charge in [-0.2, -0.15) is 0 Å². The summed E-state index contributed by atoms with van der Waals surface area (Å²) in [5, 5.41) is 9.71. The molecule has 0 spiro atoms. The second-order valence-electron chi connectivity index (χ2n) is 6.79. The number of hydrogen-bond acceptors (Lipinski definition) is 4. The highest BCUT2D eigenvalue weighted by molar-refractivity contribution is 5.77. The Hall–Kier alpha value is -3.82. The van der Waals surface area contributed by atoms with E-state index in [9.17, 15) is 4.39 Å². The molecule has 0 unspecified atom stereocenters. The van der Waals surface area contributed by atoms with Gasteiger partial charge in [-0.25, -0.2) is 9.37 Å². The van der Waals surface area contributed by atoms with Crippen molar-refractivity contribution in [2.75, 3.05) is 25.1 Å². The van der Waals surface area contributed by atoms with Crippen LogP contribution in [0.25, 0.3) is 11.0 Å². The van der Waals surface area contributed by atoms with Gasteiger partial charge in [-0.3, -0.25) is 0 Å². The SMILES string of the molecule is CN(CCO)c1ccc(Oc2ccc(C#Cc3cc4cc(F)cnc4[nH]3)cc2)cc1. The van der Waals surface area contributed by atoms with Crippen LogP contribution in [0.2, 0.25) is 0 Å². The van der Waals surface area contributed by atoms with Crippen LogP contribution in [0.3, 0.4) is 0 Å². The Kier molecular flexibility index (Phi) is 5.64. The number of aliphatic hydroxyl groups excluding tert-OH is 1. The lowest BCUT2D eigenvalue weighted by Gasteiger charge is -2.18. The molecule has 4 aromatic rings. The molecule has 0 radical (unpaired) electrons. The van der Waals surface area contributed by atoms with Crippen LogP contribution >= 0.6 is 0 Å². The number of anilines is 1. The first-order chi connectivity index (χ1) is 14.6. The van der Waals surface area contributed by atoms with Crippen molar-refractivity contribution < 1.29 is 14.2 Å². The van der Waals surface area contributed by atoms with Crippen LogP contribution in [-0.4, -0.2) is 35.3 Å². The van der Waals surface area contributed by atoms with Gasteiger partial charge in [-0.05, 0) is 66.6 Å². The summed E-state index contributed by atoms with van der Waals surface area (Å²) in [5.41, 5.74) is 3.13. The highest BCUT2D eigenvalue weighted by Crippen LogP contribution is 2.24. The maximum atomic E-state index is 13.2. The van der Waals surface area contributed by atoms with E-state index in [1.54, 1.807) is 6.07 Å². The van der Waals surface area contributed by atoms with Crippen molar-refractivity contribution >= 4 is 16.7 Å². The van der Waals surface area contributed by atoms with Gasteiger partial charge in [0.1, 0.15) is 23.0 Å². The summed E-state index contributed by atoms with van der Waals surface area (Å²) < 4.78 is 19.1. The fraction of sp³-hybridized carbons (Fsp3) is 0.125. The largest absolute Gasteiger partial charge is 0.457 e. The summed E-state index contributed by atoms with van der Waals surface area (Å²) in [4.78, 5) is 9.04. The first-order valence-electron chi connectivity index (χ1n) is 9.47. The van der Waals surface area contributed by atoms with Crippen molar-refractivity contribution in [3.05, 3.63) is 83.9 Å². The number of aromatic amines is 1. The highest BCUT2D eigenvalue weighted by atomic mass is 19.1. The van der Waals surface area contributed by atoms with E-state index in [-0.39, 0.29) is 12.4 Å². The molecule has 4 rings (SSSR count). The minimum Gasteiger partial charge on any atom is -0.457 e. The minimum atomic E-state index is -0.372. The quantitative estimate of drug-likeness (QED) is 0.489. The number of hydrogen-bond donors (Lipinski definition) is 2. The Balaban J connectivity index is 1.42. The van der Waals surface area contributed by atoms with E-state index in [1.165, 1.54) is 12.3 Å². The Labute approximate surface area is 173 Å². The number of pyridine rings is 1. The lowest BCUT2D eigenvalue weighted by Crippen LogP contribution is -2.20. The van der Waals surface area contributed by atoms with Crippen molar-refractivity contribution in [1.29, 1.82) is 0 Å². The molecule has 2 aromatic heterocycles. The molecule has 150 valence electrons. The van der Waals surface area contributed by atoms with E-state index in [2.05, 4.69) is 21.8 Å². The lowest BCUT2D eigenvalue weighted by atomic mass is 10.2. The van der Waals surface area contributed by atoms with Crippen molar-refractivity contribution in [2.24, 2.45) is 0 Å². The molecule has 2 aromatic carbocycles. The molecule has 0 saturated heterocycles. The lowest BCUT2D eigenvalue weighted by molar-refractivity contribution is 0.304. The van der Waals surface area contributed by atoms with Gasteiger partial charge >= 0.3 is 0 Å². The molecule has 2 heterocycles. The Morgan fingerprint density at radius 1 is 1.03 bits per heavy atom. The van der Waals surface area contributed by atoms with E-state index in [4.69, 9.17) is 9.84 Å². The number of nitrogens with one attached hydrogen (secondary N) is 1. The number of aromatic nitrogens is 2. The number of benzene rings is 2. The molecule has 0 saturated carbocycles. The van der Waals surface area contributed by atoms with Gasteiger partial charge < -0.3 is 19.7 Å². The van der Waals surface area contributed by atoms with Gasteiger partial charge in [0.25, 0.3) is 0 Å². The zero-order chi connectivity index (χ0) is 20.9. The number of halogens is 1. The molecule has 30 heavy (non-hydrogen) atoms. The monoisotopic (exact) mass is 401 g/mol. The van der Waals surface area contributed by atoms with E-state index in [1.807, 2.05) is 60.5 Å². The zero-order valence-corrected chi connectivity index (χ0v) is 16.4. The fourth-order valence-corrected chi connectivity index (χ4v) is 2.99. The van der Waals surface area contributed by atoms with E-state index >= 15 is 0 Å². The zero-order valence-electron chi connectivity index (χ0n) is 16.4. The summed E-state index contributed by atoms with van der Waals surface area (Å²) in [7, 11) is 1.93. The third kappa shape index (κ3) is 4.59. The van der Waals surface area contributed by atoms with Crippen LogP contribution < -0.4 is 9.64 Å². The molecule has 0 amide bonds. The first kappa shape index (κ1) is 19.5. The molecule has 0 bridgehead atoms. The Morgan fingerprint density at radius 2 is 1.73 bits per heavy atom. The van der Waals surface area contributed by atoms with Crippen LogP contribution in [0.15, 0.2) is 66.9 Å². The van der Waals surface area contributed by atoms with E-state index in [0.717, 1.165) is 17.0 Å². The highest BCUT2D eigenvalue weighted by Gasteiger charge is 2.03. The summed E-state index contributed by atoms with van der Waals surface area (Å²) in [6.45, 7) is 0.689. The first-order valence-corrected chi connectivity index (χ1v) is 9.47. The number of ether oxygens (including phenoxy) is 1. The third-order valence-electron chi connectivity index (χ3n) is 4.58. The molecule has 0 aliphatic heterocycles. The Bertz CT molecular complexity index is 1210. The van der Waals surface area contributed by atoms with Crippen LogP contribution in [0.1, 0.15) is 11.3 Å². The Morgan fingerprint density at radius 3 is 2.43 bits per heavy atom. The molecule has 0 aliphatic carbocycles. The number of likely N-dealkylation sites (N-methyl/N-ethyl adjacent to an activating group) is 1. The predicted molar refractivity (Wildman–Crippen MR) is 115 cm³/mol. The number of aliphatic hydroxyl groups is 1. The summed E-state index contributed by atoms with van der Waals surface area (Å²) in [5.74, 6) is 7.18. The average Bonchev–Trinajstić information content (AvgIpc) is 3.16. The molecule has 5 nitrogen and oxygen atoms in total. The molecule has 0 aliphatic rings. The molecule has 0 fully saturated rings. The predicted octanol–water partition coefficient (Wildman–Crippen LogP) is 4.32. The number of rotatable bonds is 5. The summed E-state index contributed by atoms with van der Waals surface area (Å²) >= 11 is 0. The van der Waals surface area contributed by atoms with Gasteiger partial charge in [0.05, 0.1) is 18.5 Å². The van der Waals surface area contributed by atoms with Gasteiger partial charge in [0.15, 0.2) is 0 Å². The van der Waals surface area contributed by atoms with Crippen LogP contribution in [-0.2, 0) is 0 Å². The maximum absolute atomic E-state index is 13.2. The van der Waals surface area contributed by atoms with Gasteiger partial charge in [0.2, 0.25) is 0 Å². The maximum Gasteiger partial charge on any atom is 0.142 e. The minimum absolute atomic E-state index is 0.111. The van der Waals surface area contributed by atoms with Crippen LogP contribution in [0.4, 0.5) is 10.1 Å². The van der Waals surface area contributed by atoms with E-state index in [0.29, 0.717) is 29.0 Å². The number of fused-ring (bicyclic) bond motifs is 1. The standard InChI is InChI=1S/C24H20FN3O2/c1-28(12-13-29)21-6-10-23(11-7-21)30-22-8-3-17(4-9-22)2-5-20-15-18-14-19(25)16-26-24(18)27-20/h3-4,6-11,14-16,29H,12-13H2,1H3,(H,26,27). The third-order valence-corrected chi connectivity index (χ3v) is 4.58. The smallest absolute Gasteiger partial charge is 0.142 e. The van der Waals surface area contributed by atoms with Crippen LogP contribution in [0.5, 0.6) is 11.5 Å². The van der Waals surface area contributed by atoms with Crippen molar-refractivity contribution in [3.63, 3.8) is 0 Å². The topological polar surface area (TPSA) is 61.4 Å². The second kappa shape index (κ2) is 8.68. The fourth-order valence-electron chi connectivity index (χ4n) is 2.99.